The van der Waals surface area contributed by atoms with Crippen LogP contribution in [0.25, 0.3) is 0 Å². The molecule has 3 heteroatoms. The molecule has 0 atom stereocenters. The van der Waals surface area contributed by atoms with E-state index in [1.807, 2.05) is 24.5 Å². The lowest BCUT2D eigenvalue weighted by Crippen LogP contribution is -1.91. The topological polar surface area (TPSA) is 29.5 Å². The normalized spacial score (nSPS) is 9.27. The van der Waals surface area contributed by atoms with Crippen LogP contribution in [0, 0.1) is 11.8 Å². The maximum absolute atomic E-state index is 8.60. The maximum atomic E-state index is 8.60. The second-order valence-corrected chi connectivity index (χ2v) is 3.79. The van der Waals surface area contributed by atoms with E-state index < -0.39 is 0 Å². The van der Waals surface area contributed by atoms with Gasteiger partial charge in [0.2, 0.25) is 0 Å². The number of methoxy groups -OCH3 is 1. The summed E-state index contributed by atoms with van der Waals surface area (Å²) in [5.41, 5.74) is 2.05. The van der Waals surface area contributed by atoms with E-state index in [1.165, 1.54) is 0 Å². The van der Waals surface area contributed by atoms with E-state index in [4.69, 9.17) is 9.84 Å². The van der Waals surface area contributed by atoms with Crippen molar-refractivity contribution < 1.29 is 9.84 Å². The first-order chi connectivity index (χ1) is 7.31. The molecular weight excluding hydrogens is 208 g/mol. The molecule has 0 saturated heterocycles. The van der Waals surface area contributed by atoms with Gasteiger partial charge in [-0.05, 0) is 24.5 Å². The Balaban J connectivity index is 2.98. The molecule has 0 amide bonds. The Kier molecular flexibility index (Phi) is 5.09. The van der Waals surface area contributed by atoms with Gasteiger partial charge in [0.05, 0.1) is 7.11 Å². The van der Waals surface area contributed by atoms with Crippen molar-refractivity contribution >= 4 is 11.8 Å². The summed E-state index contributed by atoms with van der Waals surface area (Å²) in [5.74, 6) is 7.30. The summed E-state index contributed by atoms with van der Waals surface area (Å²) in [5, 5.41) is 8.60. The zero-order chi connectivity index (χ0) is 11.1. The first kappa shape index (κ1) is 12.0. The van der Waals surface area contributed by atoms with Crippen LogP contribution in [0.4, 0.5) is 0 Å². The third-order valence-electron chi connectivity index (χ3n) is 1.89. The maximum Gasteiger partial charge on any atom is 0.122 e. The standard InChI is InChI=1S/C12H14O2S/c1-14-12-6-5-10(4-3-7-13)8-11(12)9-15-2/h5-6,8,13H,7,9H2,1-2H3. The Morgan fingerprint density at radius 3 is 2.87 bits per heavy atom. The lowest BCUT2D eigenvalue weighted by Gasteiger charge is -2.07. The molecule has 0 aliphatic rings. The molecular formula is C12H14O2S. The van der Waals surface area contributed by atoms with Crippen LogP contribution in [-0.4, -0.2) is 25.1 Å². The Morgan fingerprint density at radius 2 is 2.27 bits per heavy atom. The fourth-order valence-electron chi connectivity index (χ4n) is 1.27. The molecule has 0 saturated carbocycles. The van der Waals surface area contributed by atoms with Crippen molar-refractivity contribution in [3.05, 3.63) is 29.3 Å². The van der Waals surface area contributed by atoms with Gasteiger partial charge in [-0.25, -0.2) is 0 Å². The number of aliphatic hydroxyl groups is 1. The Hall–Kier alpha value is -1.11. The highest BCUT2D eigenvalue weighted by atomic mass is 32.2. The number of ether oxygens (including phenoxy) is 1. The lowest BCUT2D eigenvalue weighted by molar-refractivity contribution is 0.350. The first-order valence-electron chi connectivity index (χ1n) is 4.57. The van der Waals surface area contributed by atoms with E-state index in [1.54, 1.807) is 18.9 Å². The summed E-state index contributed by atoms with van der Waals surface area (Å²) in [6.07, 6.45) is 2.05. The van der Waals surface area contributed by atoms with Crippen LogP contribution in [-0.2, 0) is 5.75 Å². The molecule has 1 rings (SSSR count). The van der Waals surface area contributed by atoms with Crippen LogP contribution in [0.3, 0.4) is 0 Å². The van der Waals surface area contributed by atoms with Crippen molar-refractivity contribution in [3.63, 3.8) is 0 Å². The van der Waals surface area contributed by atoms with Crippen LogP contribution in [0.15, 0.2) is 18.2 Å². The Bertz CT molecular complexity index is 377. The molecule has 2 nitrogen and oxygen atoms in total. The third kappa shape index (κ3) is 3.50. The van der Waals surface area contributed by atoms with Gasteiger partial charge in [-0.1, -0.05) is 11.8 Å². The summed E-state index contributed by atoms with van der Waals surface area (Å²) >= 11 is 1.74. The van der Waals surface area contributed by atoms with Gasteiger partial charge in [0.15, 0.2) is 0 Å². The number of thioether (sulfide) groups is 1. The van der Waals surface area contributed by atoms with Gasteiger partial charge in [-0.2, -0.15) is 11.8 Å². The van der Waals surface area contributed by atoms with Crippen molar-refractivity contribution in [2.24, 2.45) is 0 Å². The number of hydrogen-bond donors (Lipinski definition) is 1. The molecule has 0 aromatic heterocycles. The van der Waals surface area contributed by atoms with Crippen molar-refractivity contribution in [1.29, 1.82) is 0 Å². The van der Waals surface area contributed by atoms with Crippen LogP contribution in [0.5, 0.6) is 5.75 Å². The average Bonchev–Trinajstić information content (AvgIpc) is 2.27. The second kappa shape index (κ2) is 6.39. The fraction of sp³-hybridized carbons (Fsp3) is 0.333. The number of rotatable bonds is 3. The van der Waals surface area contributed by atoms with Crippen LogP contribution < -0.4 is 4.74 Å². The first-order valence-corrected chi connectivity index (χ1v) is 5.96. The van der Waals surface area contributed by atoms with Gasteiger partial charge in [-0.15, -0.1) is 0 Å². The lowest BCUT2D eigenvalue weighted by atomic mass is 10.1. The van der Waals surface area contributed by atoms with E-state index in [0.29, 0.717) is 0 Å². The molecule has 80 valence electrons. The predicted octanol–water partition coefficient (Wildman–Crippen LogP) is 1.90. The second-order valence-electron chi connectivity index (χ2n) is 2.92. The zero-order valence-electron chi connectivity index (χ0n) is 8.91. The molecule has 0 spiro atoms. The molecule has 0 fully saturated rings. The molecule has 1 aromatic carbocycles. The summed E-state index contributed by atoms with van der Waals surface area (Å²) in [4.78, 5) is 0. The van der Waals surface area contributed by atoms with Crippen LogP contribution in [0.1, 0.15) is 11.1 Å². The van der Waals surface area contributed by atoms with E-state index in [-0.39, 0.29) is 6.61 Å². The molecule has 0 heterocycles. The smallest absolute Gasteiger partial charge is 0.122 e. The SMILES string of the molecule is COc1ccc(C#CCO)cc1CSC. The number of aliphatic hydroxyl groups excluding tert-OH is 1. The predicted molar refractivity (Wildman–Crippen MR) is 64.2 cm³/mol. The van der Waals surface area contributed by atoms with E-state index in [2.05, 4.69) is 11.8 Å². The Morgan fingerprint density at radius 1 is 1.47 bits per heavy atom. The highest BCUT2D eigenvalue weighted by Crippen LogP contribution is 2.23. The van der Waals surface area contributed by atoms with Crippen LogP contribution in [0.2, 0.25) is 0 Å². The quantitative estimate of drug-likeness (QED) is 0.792. The van der Waals surface area contributed by atoms with E-state index in [9.17, 15) is 0 Å². The van der Waals surface area contributed by atoms with Gasteiger partial charge in [0, 0.05) is 16.9 Å². The number of hydrogen-bond acceptors (Lipinski definition) is 3. The average molecular weight is 222 g/mol. The third-order valence-corrected chi connectivity index (χ3v) is 2.49. The van der Waals surface area contributed by atoms with E-state index >= 15 is 0 Å². The molecule has 0 bridgehead atoms. The molecule has 0 aliphatic heterocycles. The molecule has 1 aromatic rings. The van der Waals surface area contributed by atoms with Crippen LogP contribution >= 0.6 is 11.8 Å². The molecule has 0 radical (unpaired) electrons. The number of benzene rings is 1. The molecule has 15 heavy (non-hydrogen) atoms. The minimum absolute atomic E-state index is 0.107. The highest BCUT2D eigenvalue weighted by Gasteiger charge is 2.02. The molecule has 1 N–H and O–H groups in total. The van der Waals surface area contributed by atoms with E-state index in [0.717, 1.165) is 22.6 Å². The summed E-state index contributed by atoms with van der Waals surface area (Å²) in [7, 11) is 1.66. The zero-order valence-corrected chi connectivity index (χ0v) is 9.73. The largest absolute Gasteiger partial charge is 0.496 e. The van der Waals surface area contributed by atoms with Gasteiger partial charge >= 0.3 is 0 Å². The van der Waals surface area contributed by atoms with Gasteiger partial charge in [0.1, 0.15) is 12.4 Å². The molecule has 0 unspecified atom stereocenters. The van der Waals surface area contributed by atoms with Gasteiger partial charge in [-0.3, -0.25) is 0 Å². The summed E-state index contributed by atoms with van der Waals surface area (Å²) in [6, 6.07) is 5.80. The highest BCUT2D eigenvalue weighted by molar-refractivity contribution is 7.97. The fourth-order valence-corrected chi connectivity index (χ4v) is 1.80. The van der Waals surface area contributed by atoms with Crippen molar-refractivity contribution in [2.75, 3.05) is 20.0 Å². The molecule has 0 aliphatic carbocycles. The minimum atomic E-state index is -0.107. The van der Waals surface area contributed by atoms with Crippen molar-refractivity contribution in [2.45, 2.75) is 5.75 Å². The summed E-state index contributed by atoms with van der Waals surface area (Å²) in [6.45, 7) is -0.107. The van der Waals surface area contributed by atoms with Gasteiger partial charge < -0.3 is 9.84 Å². The Labute approximate surface area is 94.7 Å². The monoisotopic (exact) mass is 222 g/mol. The summed E-state index contributed by atoms with van der Waals surface area (Å²) < 4.78 is 5.25. The van der Waals surface area contributed by atoms with Crippen molar-refractivity contribution in [1.82, 2.24) is 0 Å². The van der Waals surface area contributed by atoms with Gasteiger partial charge in [0.25, 0.3) is 0 Å². The minimum Gasteiger partial charge on any atom is -0.496 e. The van der Waals surface area contributed by atoms with Crippen molar-refractivity contribution in [3.8, 4) is 17.6 Å².